The Morgan fingerprint density at radius 3 is 2.58 bits per heavy atom. The van der Waals surface area contributed by atoms with Crippen molar-refractivity contribution in [1.82, 2.24) is 9.55 Å². The molecule has 0 radical (unpaired) electrons. The summed E-state index contributed by atoms with van der Waals surface area (Å²) in [7, 11) is 0. The Morgan fingerprint density at radius 1 is 0.958 bits per heavy atom. The van der Waals surface area contributed by atoms with Crippen molar-refractivity contribution in [2.24, 2.45) is 0 Å². The molecule has 1 aliphatic heterocycles. The molecule has 4 heteroatoms. The van der Waals surface area contributed by atoms with Crippen molar-refractivity contribution in [2.45, 2.75) is 13.0 Å². The van der Waals surface area contributed by atoms with E-state index in [-0.39, 0.29) is 5.78 Å². The van der Waals surface area contributed by atoms with Crippen LogP contribution in [0.1, 0.15) is 16.8 Å². The molecule has 0 saturated carbocycles. The van der Waals surface area contributed by atoms with E-state index in [9.17, 15) is 4.79 Å². The highest BCUT2D eigenvalue weighted by Gasteiger charge is 2.23. The predicted molar refractivity (Wildman–Crippen MR) is 91.8 cm³/mol. The summed E-state index contributed by atoms with van der Waals surface area (Å²) in [5.74, 6) is 1.12. The SMILES string of the molecule is O=C1CCn2c(-c3ccc(-c4ccoc4)cc3)nc3cccc1c32. The van der Waals surface area contributed by atoms with Crippen molar-refractivity contribution in [3.05, 3.63) is 66.6 Å². The second kappa shape index (κ2) is 4.93. The Labute approximate surface area is 138 Å². The maximum absolute atomic E-state index is 12.1. The van der Waals surface area contributed by atoms with Crippen molar-refractivity contribution >= 4 is 16.8 Å². The third-order valence-corrected chi connectivity index (χ3v) is 4.63. The molecule has 2 aromatic heterocycles. The van der Waals surface area contributed by atoms with Crippen LogP contribution in [-0.2, 0) is 6.54 Å². The van der Waals surface area contributed by atoms with Crippen LogP contribution in [0.15, 0.2) is 65.5 Å². The van der Waals surface area contributed by atoms with E-state index in [2.05, 4.69) is 28.8 Å². The summed E-state index contributed by atoms with van der Waals surface area (Å²) < 4.78 is 7.31. The summed E-state index contributed by atoms with van der Waals surface area (Å²) in [6.45, 7) is 0.686. The van der Waals surface area contributed by atoms with Gasteiger partial charge in [-0.25, -0.2) is 4.98 Å². The number of hydrogen-bond acceptors (Lipinski definition) is 3. The molecule has 116 valence electrons. The maximum Gasteiger partial charge on any atom is 0.166 e. The first-order chi connectivity index (χ1) is 11.8. The number of para-hydroxylation sites is 1. The largest absolute Gasteiger partial charge is 0.472 e. The number of benzene rings is 2. The van der Waals surface area contributed by atoms with Crippen molar-refractivity contribution in [3.8, 4) is 22.5 Å². The molecular weight excluding hydrogens is 300 g/mol. The number of aryl methyl sites for hydroxylation is 1. The van der Waals surface area contributed by atoms with E-state index < -0.39 is 0 Å². The molecule has 0 bridgehead atoms. The molecule has 4 aromatic rings. The minimum Gasteiger partial charge on any atom is -0.472 e. The van der Waals surface area contributed by atoms with Crippen molar-refractivity contribution in [1.29, 1.82) is 0 Å². The van der Waals surface area contributed by atoms with Gasteiger partial charge in [-0.3, -0.25) is 4.79 Å². The number of imidazole rings is 1. The van der Waals surface area contributed by atoms with Gasteiger partial charge >= 0.3 is 0 Å². The molecule has 2 aromatic carbocycles. The lowest BCUT2D eigenvalue weighted by atomic mass is 10.0. The lowest BCUT2D eigenvalue weighted by Gasteiger charge is -2.15. The molecule has 0 fully saturated rings. The summed E-state index contributed by atoms with van der Waals surface area (Å²) in [5, 5.41) is 0. The first-order valence-corrected chi connectivity index (χ1v) is 7.97. The summed E-state index contributed by atoms with van der Waals surface area (Å²) in [6.07, 6.45) is 3.94. The van der Waals surface area contributed by atoms with Crippen LogP contribution < -0.4 is 0 Å². The van der Waals surface area contributed by atoms with Gasteiger partial charge in [0.25, 0.3) is 0 Å². The van der Waals surface area contributed by atoms with Crippen molar-refractivity contribution < 1.29 is 9.21 Å². The quantitative estimate of drug-likeness (QED) is 0.545. The lowest BCUT2D eigenvalue weighted by molar-refractivity contribution is 0.0973. The zero-order valence-corrected chi connectivity index (χ0v) is 12.9. The van der Waals surface area contributed by atoms with Gasteiger partial charge in [0.05, 0.1) is 23.6 Å². The van der Waals surface area contributed by atoms with Crippen LogP contribution in [0.2, 0.25) is 0 Å². The highest BCUT2D eigenvalue weighted by molar-refractivity contribution is 6.08. The molecule has 24 heavy (non-hydrogen) atoms. The first-order valence-electron chi connectivity index (χ1n) is 7.97. The average molecular weight is 314 g/mol. The lowest BCUT2D eigenvalue weighted by Crippen LogP contribution is -2.14. The topological polar surface area (TPSA) is 48.0 Å². The van der Waals surface area contributed by atoms with E-state index in [1.807, 2.05) is 24.3 Å². The van der Waals surface area contributed by atoms with Gasteiger partial charge in [0.2, 0.25) is 0 Å². The molecule has 0 N–H and O–H groups in total. The fraction of sp³-hybridized carbons (Fsp3) is 0.100. The number of furan rings is 1. The van der Waals surface area contributed by atoms with E-state index in [0.29, 0.717) is 13.0 Å². The van der Waals surface area contributed by atoms with Gasteiger partial charge in [-0.1, -0.05) is 30.3 Å². The highest BCUT2D eigenvalue weighted by atomic mass is 16.3. The number of nitrogens with zero attached hydrogens (tertiary/aromatic N) is 2. The van der Waals surface area contributed by atoms with Crippen LogP contribution in [0.5, 0.6) is 0 Å². The Balaban J connectivity index is 1.67. The third-order valence-electron chi connectivity index (χ3n) is 4.63. The smallest absolute Gasteiger partial charge is 0.166 e. The maximum atomic E-state index is 12.1. The summed E-state index contributed by atoms with van der Waals surface area (Å²) in [6, 6.07) is 16.0. The molecule has 0 amide bonds. The van der Waals surface area contributed by atoms with Crippen LogP contribution in [0.4, 0.5) is 0 Å². The minimum absolute atomic E-state index is 0.204. The van der Waals surface area contributed by atoms with Crippen LogP contribution in [0, 0.1) is 0 Å². The van der Waals surface area contributed by atoms with Gasteiger partial charge < -0.3 is 8.98 Å². The number of rotatable bonds is 2. The Bertz CT molecular complexity index is 1060. The molecule has 0 spiro atoms. The third kappa shape index (κ3) is 1.86. The number of hydrogen-bond donors (Lipinski definition) is 0. The molecule has 3 heterocycles. The highest BCUT2D eigenvalue weighted by Crippen LogP contribution is 2.32. The number of aromatic nitrogens is 2. The molecule has 0 unspecified atom stereocenters. The van der Waals surface area contributed by atoms with Gasteiger partial charge in [-0.2, -0.15) is 0 Å². The molecule has 0 saturated heterocycles. The minimum atomic E-state index is 0.204. The van der Waals surface area contributed by atoms with E-state index in [1.165, 1.54) is 0 Å². The van der Waals surface area contributed by atoms with Crippen molar-refractivity contribution in [2.75, 3.05) is 0 Å². The summed E-state index contributed by atoms with van der Waals surface area (Å²) >= 11 is 0. The monoisotopic (exact) mass is 314 g/mol. The first kappa shape index (κ1) is 13.3. The number of carbonyl (C=O) groups is 1. The average Bonchev–Trinajstić information content (AvgIpc) is 3.27. The number of carbonyl (C=O) groups excluding carboxylic acids is 1. The Hall–Kier alpha value is -3.14. The molecule has 4 nitrogen and oxygen atoms in total. The van der Waals surface area contributed by atoms with Crippen molar-refractivity contribution in [3.63, 3.8) is 0 Å². The Morgan fingerprint density at radius 2 is 1.79 bits per heavy atom. The zero-order valence-electron chi connectivity index (χ0n) is 12.9. The molecule has 5 rings (SSSR count). The standard InChI is InChI=1S/C20H14N2O2/c23-18-8-10-22-19-16(18)2-1-3-17(19)21-20(22)14-6-4-13(5-7-14)15-9-11-24-12-15/h1-7,9,11-12H,8,10H2. The summed E-state index contributed by atoms with van der Waals surface area (Å²) in [4.78, 5) is 16.9. The van der Waals surface area contributed by atoms with Crippen LogP contribution in [0.25, 0.3) is 33.5 Å². The van der Waals surface area contributed by atoms with Gasteiger partial charge in [0.15, 0.2) is 5.78 Å². The van der Waals surface area contributed by atoms with E-state index >= 15 is 0 Å². The molecule has 0 atom stereocenters. The van der Waals surface area contributed by atoms with E-state index in [1.54, 1.807) is 12.5 Å². The van der Waals surface area contributed by atoms with Gasteiger partial charge in [-0.15, -0.1) is 0 Å². The van der Waals surface area contributed by atoms with Crippen LogP contribution in [-0.4, -0.2) is 15.3 Å². The van der Waals surface area contributed by atoms with E-state index in [4.69, 9.17) is 9.40 Å². The molecule has 1 aliphatic rings. The van der Waals surface area contributed by atoms with Crippen LogP contribution in [0.3, 0.4) is 0 Å². The number of Topliss-reactive ketones (excluding diaryl/α,β-unsaturated/α-hetero) is 1. The predicted octanol–water partition coefficient (Wildman–Crippen LogP) is 4.55. The normalized spacial score (nSPS) is 13.6. The zero-order chi connectivity index (χ0) is 16.1. The molecule has 0 aliphatic carbocycles. The fourth-order valence-electron chi connectivity index (χ4n) is 3.44. The van der Waals surface area contributed by atoms with E-state index in [0.717, 1.165) is 39.1 Å². The second-order valence-corrected chi connectivity index (χ2v) is 6.02. The van der Waals surface area contributed by atoms with Gasteiger partial charge in [0.1, 0.15) is 5.82 Å². The van der Waals surface area contributed by atoms with Gasteiger partial charge in [0, 0.05) is 29.7 Å². The Kier molecular flexibility index (Phi) is 2.73. The summed E-state index contributed by atoms with van der Waals surface area (Å²) in [5.41, 5.74) is 5.85. The molecular formula is C20H14N2O2. The van der Waals surface area contributed by atoms with Gasteiger partial charge in [-0.05, 0) is 23.8 Å². The fourth-order valence-corrected chi connectivity index (χ4v) is 3.44. The van der Waals surface area contributed by atoms with Crippen LogP contribution >= 0.6 is 0 Å². The number of ketones is 1. The second-order valence-electron chi connectivity index (χ2n) is 6.02.